The summed E-state index contributed by atoms with van der Waals surface area (Å²) in [5.74, 6) is -0.315. The van der Waals surface area contributed by atoms with Crippen molar-refractivity contribution in [3.63, 3.8) is 0 Å². The van der Waals surface area contributed by atoms with Crippen LogP contribution in [0.3, 0.4) is 0 Å². The summed E-state index contributed by atoms with van der Waals surface area (Å²) in [7, 11) is 1.89. The van der Waals surface area contributed by atoms with Crippen molar-refractivity contribution in [2.45, 2.75) is 25.8 Å². The van der Waals surface area contributed by atoms with Gasteiger partial charge in [0, 0.05) is 38.1 Å². The maximum absolute atomic E-state index is 12.3. The van der Waals surface area contributed by atoms with Gasteiger partial charge in [-0.3, -0.25) is 14.3 Å². The molecule has 0 spiro atoms. The summed E-state index contributed by atoms with van der Waals surface area (Å²) in [4.78, 5) is 29.1. The van der Waals surface area contributed by atoms with Gasteiger partial charge in [-0.05, 0) is 31.9 Å². The van der Waals surface area contributed by atoms with Crippen LogP contribution in [0.1, 0.15) is 28.9 Å². The van der Waals surface area contributed by atoms with Crippen molar-refractivity contribution in [3.05, 3.63) is 46.1 Å². The number of aryl methyl sites for hydroxylation is 2. The highest BCUT2D eigenvalue weighted by Crippen LogP contribution is 2.19. The SMILES string of the molecule is Cc1ccc(C(=O)NC2CCCN(c3cnn(C)c3)C2)c(=O)[nH]1. The molecule has 1 fully saturated rings. The van der Waals surface area contributed by atoms with E-state index >= 15 is 0 Å². The largest absolute Gasteiger partial charge is 0.367 e. The van der Waals surface area contributed by atoms with E-state index < -0.39 is 0 Å². The topological polar surface area (TPSA) is 83.0 Å². The van der Waals surface area contributed by atoms with Gasteiger partial charge in [0.05, 0.1) is 11.9 Å². The van der Waals surface area contributed by atoms with Gasteiger partial charge >= 0.3 is 0 Å². The lowest BCUT2D eigenvalue weighted by Crippen LogP contribution is -2.48. The van der Waals surface area contributed by atoms with Crippen molar-refractivity contribution in [1.82, 2.24) is 20.1 Å². The van der Waals surface area contributed by atoms with Gasteiger partial charge in [-0.25, -0.2) is 0 Å². The van der Waals surface area contributed by atoms with Gasteiger partial charge in [-0.1, -0.05) is 0 Å². The minimum absolute atomic E-state index is 0.0251. The number of carbonyl (C=O) groups excluding carboxylic acids is 1. The Morgan fingerprint density at radius 3 is 2.96 bits per heavy atom. The Kier molecular flexibility index (Phi) is 4.18. The molecule has 0 aliphatic carbocycles. The zero-order chi connectivity index (χ0) is 16.4. The van der Waals surface area contributed by atoms with Crippen molar-refractivity contribution in [2.75, 3.05) is 18.0 Å². The van der Waals surface area contributed by atoms with Gasteiger partial charge in [0.2, 0.25) is 0 Å². The second-order valence-electron chi connectivity index (χ2n) is 6.01. The monoisotopic (exact) mass is 315 g/mol. The second-order valence-corrected chi connectivity index (χ2v) is 6.01. The van der Waals surface area contributed by atoms with Crippen LogP contribution < -0.4 is 15.8 Å². The average molecular weight is 315 g/mol. The number of aromatic amines is 1. The fraction of sp³-hybridized carbons (Fsp3) is 0.438. The van der Waals surface area contributed by atoms with E-state index in [0.29, 0.717) is 0 Å². The third kappa shape index (κ3) is 3.44. The lowest BCUT2D eigenvalue weighted by molar-refractivity contribution is 0.0931. The van der Waals surface area contributed by atoms with Crippen molar-refractivity contribution in [1.29, 1.82) is 0 Å². The normalized spacial score (nSPS) is 18.0. The van der Waals surface area contributed by atoms with Gasteiger partial charge < -0.3 is 15.2 Å². The van der Waals surface area contributed by atoms with Crippen LogP contribution in [-0.4, -0.2) is 39.8 Å². The molecule has 2 aromatic rings. The van der Waals surface area contributed by atoms with Gasteiger partial charge in [-0.2, -0.15) is 5.10 Å². The van der Waals surface area contributed by atoms with E-state index in [4.69, 9.17) is 0 Å². The standard InChI is InChI=1S/C16H21N5O2/c1-11-5-6-14(15(22)18-11)16(23)19-12-4-3-7-21(9-12)13-8-17-20(2)10-13/h5-6,8,10,12H,3-4,7,9H2,1-2H3,(H,18,22)(H,19,23). The maximum Gasteiger partial charge on any atom is 0.260 e. The van der Waals surface area contributed by atoms with Crippen LogP contribution in [0.15, 0.2) is 29.3 Å². The van der Waals surface area contributed by atoms with Gasteiger partial charge in [0.25, 0.3) is 11.5 Å². The molecule has 122 valence electrons. The summed E-state index contributed by atoms with van der Waals surface area (Å²) < 4.78 is 1.77. The smallest absolute Gasteiger partial charge is 0.260 e. The summed E-state index contributed by atoms with van der Waals surface area (Å²) in [6, 6.07) is 3.34. The highest BCUT2D eigenvalue weighted by Gasteiger charge is 2.23. The number of pyridine rings is 1. The van der Waals surface area contributed by atoms with Crippen LogP contribution in [0.4, 0.5) is 5.69 Å². The number of rotatable bonds is 3. The van der Waals surface area contributed by atoms with E-state index in [9.17, 15) is 9.59 Å². The fourth-order valence-electron chi connectivity index (χ4n) is 2.92. The number of anilines is 1. The summed E-state index contributed by atoms with van der Waals surface area (Å²) in [6.07, 6.45) is 5.69. The number of piperidine rings is 1. The predicted molar refractivity (Wildman–Crippen MR) is 87.7 cm³/mol. The molecule has 7 heteroatoms. The molecule has 1 unspecified atom stereocenters. The van der Waals surface area contributed by atoms with Crippen LogP contribution in [0.2, 0.25) is 0 Å². The van der Waals surface area contributed by atoms with E-state index in [0.717, 1.165) is 37.3 Å². The molecule has 0 saturated carbocycles. The molecule has 1 atom stereocenters. The Morgan fingerprint density at radius 2 is 2.26 bits per heavy atom. The van der Waals surface area contributed by atoms with Crippen LogP contribution in [0.5, 0.6) is 0 Å². The first kappa shape index (κ1) is 15.3. The lowest BCUT2D eigenvalue weighted by atomic mass is 10.0. The van der Waals surface area contributed by atoms with Crippen molar-refractivity contribution in [3.8, 4) is 0 Å². The molecule has 1 amide bonds. The molecular formula is C16H21N5O2. The highest BCUT2D eigenvalue weighted by atomic mass is 16.2. The molecule has 0 radical (unpaired) electrons. The first-order chi connectivity index (χ1) is 11.0. The number of amides is 1. The molecule has 2 N–H and O–H groups in total. The van der Waals surface area contributed by atoms with E-state index in [1.807, 2.05) is 19.4 Å². The summed E-state index contributed by atoms with van der Waals surface area (Å²) in [5, 5.41) is 7.16. The van der Waals surface area contributed by atoms with E-state index in [-0.39, 0.29) is 23.1 Å². The van der Waals surface area contributed by atoms with E-state index in [1.165, 1.54) is 0 Å². The zero-order valence-electron chi connectivity index (χ0n) is 13.4. The molecule has 2 aromatic heterocycles. The number of carbonyl (C=O) groups is 1. The summed E-state index contributed by atoms with van der Waals surface area (Å²) >= 11 is 0. The lowest BCUT2D eigenvalue weighted by Gasteiger charge is -2.33. The van der Waals surface area contributed by atoms with Crippen LogP contribution in [0, 0.1) is 6.92 Å². The minimum Gasteiger partial charge on any atom is -0.367 e. The maximum atomic E-state index is 12.3. The molecular weight excluding hydrogens is 294 g/mol. The molecule has 3 heterocycles. The Balaban J connectivity index is 1.67. The third-order valence-corrected chi connectivity index (χ3v) is 4.11. The number of hydrogen-bond acceptors (Lipinski definition) is 4. The van der Waals surface area contributed by atoms with E-state index in [1.54, 1.807) is 23.7 Å². The predicted octanol–water partition coefficient (Wildman–Crippen LogP) is 0.816. The number of aromatic nitrogens is 3. The molecule has 1 aliphatic heterocycles. The Hall–Kier alpha value is -2.57. The Labute approximate surface area is 134 Å². The first-order valence-corrected chi connectivity index (χ1v) is 7.77. The molecule has 1 saturated heterocycles. The molecule has 3 rings (SSSR count). The number of nitrogens with one attached hydrogen (secondary N) is 2. The molecule has 1 aliphatic rings. The zero-order valence-corrected chi connectivity index (χ0v) is 13.4. The van der Waals surface area contributed by atoms with E-state index in [2.05, 4.69) is 20.3 Å². The van der Waals surface area contributed by atoms with Gasteiger partial charge in [-0.15, -0.1) is 0 Å². The third-order valence-electron chi connectivity index (χ3n) is 4.11. The van der Waals surface area contributed by atoms with Crippen LogP contribution in [0.25, 0.3) is 0 Å². The number of H-pyrrole nitrogens is 1. The highest BCUT2D eigenvalue weighted by molar-refractivity contribution is 5.94. The van der Waals surface area contributed by atoms with Crippen molar-refractivity contribution >= 4 is 11.6 Å². The first-order valence-electron chi connectivity index (χ1n) is 7.77. The van der Waals surface area contributed by atoms with Gasteiger partial charge in [0.1, 0.15) is 5.56 Å². The number of nitrogens with zero attached hydrogens (tertiary/aromatic N) is 3. The van der Waals surface area contributed by atoms with Crippen LogP contribution in [-0.2, 0) is 7.05 Å². The van der Waals surface area contributed by atoms with Gasteiger partial charge in [0.15, 0.2) is 0 Å². The quantitative estimate of drug-likeness (QED) is 0.878. The molecule has 7 nitrogen and oxygen atoms in total. The summed E-state index contributed by atoms with van der Waals surface area (Å²) in [6.45, 7) is 3.46. The molecule has 23 heavy (non-hydrogen) atoms. The fourth-order valence-corrected chi connectivity index (χ4v) is 2.92. The Bertz CT molecular complexity index is 764. The second kappa shape index (κ2) is 6.28. The summed E-state index contributed by atoms with van der Waals surface area (Å²) in [5.41, 5.74) is 1.61. The Morgan fingerprint density at radius 1 is 1.43 bits per heavy atom. The van der Waals surface area contributed by atoms with Crippen molar-refractivity contribution in [2.24, 2.45) is 7.05 Å². The van der Waals surface area contributed by atoms with Crippen molar-refractivity contribution < 1.29 is 4.79 Å². The molecule has 0 aromatic carbocycles. The minimum atomic E-state index is -0.345. The molecule has 0 bridgehead atoms. The van der Waals surface area contributed by atoms with Crippen LogP contribution >= 0.6 is 0 Å². The average Bonchev–Trinajstić information content (AvgIpc) is 2.94. The number of hydrogen-bond donors (Lipinski definition) is 2.